The smallest absolute Gasteiger partial charge is 0.407 e. The Balaban J connectivity index is 1.95. The average Bonchev–Trinajstić information content (AvgIpc) is 2.45. The largest absolute Gasteiger partial charge is 0.445 e. The molecule has 0 saturated carbocycles. The highest BCUT2D eigenvalue weighted by atomic mass is 16.5. The molecule has 1 amide bonds. The highest BCUT2D eigenvalue weighted by Gasteiger charge is 2.01. The summed E-state index contributed by atoms with van der Waals surface area (Å²) in [7, 11) is 0. The van der Waals surface area contributed by atoms with Crippen molar-refractivity contribution in [1.82, 2.24) is 5.32 Å². The molecule has 4 heteroatoms. The van der Waals surface area contributed by atoms with Crippen LogP contribution in [-0.2, 0) is 16.1 Å². The van der Waals surface area contributed by atoms with Crippen LogP contribution in [0.25, 0.3) is 0 Å². The second-order valence-electron chi connectivity index (χ2n) is 4.97. The predicted molar refractivity (Wildman–Crippen MR) is 79.6 cm³/mol. The van der Waals surface area contributed by atoms with Crippen molar-refractivity contribution in [2.24, 2.45) is 0 Å². The first kappa shape index (κ1) is 16.5. The molecule has 0 aliphatic heterocycles. The van der Waals surface area contributed by atoms with E-state index in [1.807, 2.05) is 44.2 Å². The second kappa shape index (κ2) is 10.3. The van der Waals surface area contributed by atoms with Crippen LogP contribution < -0.4 is 5.32 Å². The molecule has 0 unspecified atom stereocenters. The van der Waals surface area contributed by atoms with Gasteiger partial charge in [0.1, 0.15) is 6.61 Å². The fourth-order valence-corrected chi connectivity index (χ4v) is 1.69. The van der Waals surface area contributed by atoms with Crippen molar-refractivity contribution in [3.63, 3.8) is 0 Å². The van der Waals surface area contributed by atoms with E-state index in [0.717, 1.165) is 31.4 Å². The number of carbonyl (C=O) groups is 1. The van der Waals surface area contributed by atoms with E-state index in [9.17, 15) is 4.79 Å². The number of rotatable bonds is 9. The topological polar surface area (TPSA) is 47.6 Å². The maximum absolute atomic E-state index is 11.4. The SMILES string of the molecule is CC(C)OCCCCCNC(=O)OCc1ccccc1. The minimum Gasteiger partial charge on any atom is -0.445 e. The average molecular weight is 279 g/mol. The van der Waals surface area contributed by atoms with E-state index in [0.29, 0.717) is 19.3 Å². The van der Waals surface area contributed by atoms with Crippen LogP contribution in [0.3, 0.4) is 0 Å². The van der Waals surface area contributed by atoms with Crippen molar-refractivity contribution < 1.29 is 14.3 Å². The highest BCUT2D eigenvalue weighted by molar-refractivity contribution is 5.67. The van der Waals surface area contributed by atoms with Crippen molar-refractivity contribution in [3.8, 4) is 0 Å². The molecular formula is C16H25NO3. The van der Waals surface area contributed by atoms with Crippen molar-refractivity contribution >= 4 is 6.09 Å². The molecule has 0 aromatic heterocycles. The van der Waals surface area contributed by atoms with Gasteiger partial charge in [0.2, 0.25) is 0 Å². The molecule has 1 N–H and O–H groups in total. The third-order valence-corrected chi connectivity index (χ3v) is 2.75. The van der Waals surface area contributed by atoms with Crippen molar-refractivity contribution in [1.29, 1.82) is 0 Å². The predicted octanol–water partition coefficient (Wildman–Crippen LogP) is 3.51. The van der Waals surface area contributed by atoms with Gasteiger partial charge in [-0.3, -0.25) is 0 Å². The summed E-state index contributed by atoms with van der Waals surface area (Å²) in [5, 5.41) is 2.75. The molecule has 0 bridgehead atoms. The standard InChI is InChI=1S/C16H25NO3/c1-14(2)19-12-8-4-7-11-17-16(18)20-13-15-9-5-3-6-10-15/h3,5-6,9-10,14H,4,7-8,11-13H2,1-2H3,(H,17,18). The van der Waals surface area contributed by atoms with Crippen LogP contribution in [0, 0.1) is 0 Å². The number of ether oxygens (including phenoxy) is 2. The maximum Gasteiger partial charge on any atom is 0.407 e. The van der Waals surface area contributed by atoms with Gasteiger partial charge in [-0.25, -0.2) is 4.79 Å². The summed E-state index contributed by atoms with van der Waals surface area (Å²) in [6, 6.07) is 9.65. The Kier molecular flexibility index (Phi) is 8.47. The summed E-state index contributed by atoms with van der Waals surface area (Å²) < 4.78 is 10.6. The molecule has 0 fully saturated rings. The van der Waals surface area contributed by atoms with Gasteiger partial charge in [0.15, 0.2) is 0 Å². The fourth-order valence-electron chi connectivity index (χ4n) is 1.69. The Bertz CT molecular complexity index is 365. The summed E-state index contributed by atoms with van der Waals surface area (Å²) >= 11 is 0. The summed E-state index contributed by atoms with van der Waals surface area (Å²) in [4.78, 5) is 11.4. The lowest BCUT2D eigenvalue weighted by molar-refractivity contribution is 0.0757. The Labute approximate surface area is 121 Å². The van der Waals surface area contributed by atoms with Gasteiger partial charge < -0.3 is 14.8 Å². The van der Waals surface area contributed by atoms with Gasteiger partial charge in [0.25, 0.3) is 0 Å². The molecule has 20 heavy (non-hydrogen) atoms. The molecule has 0 aliphatic carbocycles. The zero-order valence-electron chi connectivity index (χ0n) is 12.4. The monoisotopic (exact) mass is 279 g/mol. The van der Waals surface area contributed by atoms with E-state index in [1.54, 1.807) is 0 Å². The minimum absolute atomic E-state index is 0.293. The molecule has 4 nitrogen and oxygen atoms in total. The van der Waals surface area contributed by atoms with E-state index in [-0.39, 0.29) is 6.09 Å². The third kappa shape index (κ3) is 8.53. The molecule has 0 aliphatic rings. The highest BCUT2D eigenvalue weighted by Crippen LogP contribution is 2.01. The summed E-state index contributed by atoms with van der Waals surface area (Å²) in [5.41, 5.74) is 0.994. The lowest BCUT2D eigenvalue weighted by atomic mass is 10.2. The number of benzene rings is 1. The van der Waals surface area contributed by atoms with Crippen LogP contribution in [0.2, 0.25) is 0 Å². The van der Waals surface area contributed by atoms with Crippen molar-refractivity contribution in [3.05, 3.63) is 35.9 Å². The molecule has 112 valence electrons. The number of hydrogen-bond donors (Lipinski definition) is 1. The quantitative estimate of drug-likeness (QED) is 0.704. The van der Waals surface area contributed by atoms with Crippen LogP contribution >= 0.6 is 0 Å². The zero-order chi connectivity index (χ0) is 14.6. The van der Waals surface area contributed by atoms with Crippen molar-refractivity contribution in [2.75, 3.05) is 13.2 Å². The summed E-state index contributed by atoms with van der Waals surface area (Å²) in [6.07, 6.45) is 2.96. The van der Waals surface area contributed by atoms with Gasteiger partial charge in [-0.1, -0.05) is 30.3 Å². The molecule has 0 heterocycles. The van der Waals surface area contributed by atoms with Gasteiger partial charge in [0, 0.05) is 13.2 Å². The van der Waals surface area contributed by atoms with Crippen LogP contribution in [0.4, 0.5) is 4.79 Å². The number of hydrogen-bond acceptors (Lipinski definition) is 3. The van der Waals surface area contributed by atoms with Gasteiger partial charge >= 0.3 is 6.09 Å². The maximum atomic E-state index is 11.4. The van der Waals surface area contributed by atoms with Crippen LogP contribution in [0.1, 0.15) is 38.7 Å². The van der Waals surface area contributed by atoms with E-state index in [1.165, 1.54) is 0 Å². The molecule has 1 rings (SSSR count). The van der Waals surface area contributed by atoms with Crippen LogP contribution in [0.15, 0.2) is 30.3 Å². The second-order valence-corrected chi connectivity index (χ2v) is 4.97. The number of carbonyl (C=O) groups excluding carboxylic acids is 1. The number of nitrogens with one attached hydrogen (secondary N) is 1. The molecule has 0 radical (unpaired) electrons. The Hall–Kier alpha value is -1.55. The fraction of sp³-hybridized carbons (Fsp3) is 0.562. The normalized spacial score (nSPS) is 10.6. The minimum atomic E-state index is -0.354. The van der Waals surface area contributed by atoms with E-state index >= 15 is 0 Å². The van der Waals surface area contributed by atoms with Crippen LogP contribution in [-0.4, -0.2) is 25.3 Å². The first-order chi connectivity index (χ1) is 9.68. The Morgan fingerprint density at radius 1 is 1.15 bits per heavy atom. The van der Waals surface area contributed by atoms with Crippen molar-refractivity contribution in [2.45, 2.75) is 45.8 Å². The molecule has 0 spiro atoms. The Morgan fingerprint density at radius 3 is 2.60 bits per heavy atom. The van der Waals surface area contributed by atoms with Gasteiger partial charge in [-0.05, 0) is 38.7 Å². The van der Waals surface area contributed by atoms with Crippen LogP contribution in [0.5, 0.6) is 0 Å². The van der Waals surface area contributed by atoms with Gasteiger partial charge in [-0.15, -0.1) is 0 Å². The lowest BCUT2D eigenvalue weighted by Crippen LogP contribution is -2.25. The number of unbranched alkanes of at least 4 members (excludes halogenated alkanes) is 2. The molecule has 1 aromatic carbocycles. The van der Waals surface area contributed by atoms with E-state index in [2.05, 4.69) is 5.32 Å². The molecular weight excluding hydrogens is 254 g/mol. The first-order valence-corrected chi connectivity index (χ1v) is 7.24. The summed E-state index contributed by atoms with van der Waals surface area (Å²) in [5.74, 6) is 0. The third-order valence-electron chi connectivity index (χ3n) is 2.75. The zero-order valence-corrected chi connectivity index (χ0v) is 12.4. The van der Waals surface area contributed by atoms with Gasteiger partial charge in [0.05, 0.1) is 6.10 Å². The Morgan fingerprint density at radius 2 is 1.90 bits per heavy atom. The number of alkyl carbamates (subject to hydrolysis) is 1. The first-order valence-electron chi connectivity index (χ1n) is 7.24. The van der Waals surface area contributed by atoms with Gasteiger partial charge in [-0.2, -0.15) is 0 Å². The molecule has 1 aromatic rings. The molecule has 0 saturated heterocycles. The lowest BCUT2D eigenvalue weighted by Gasteiger charge is -2.08. The summed E-state index contributed by atoms with van der Waals surface area (Å²) in [6.45, 7) is 5.81. The van der Waals surface area contributed by atoms with E-state index in [4.69, 9.17) is 9.47 Å². The molecule has 0 atom stereocenters. The van der Waals surface area contributed by atoms with E-state index < -0.39 is 0 Å². The number of amides is 1.